The number of ether oxygens (including phenoxy) is 1. The standard InChI is InChI=1S/C20H27N5O2/c1-14(2)21-19(26)16-13-15(3)22-20(23-16)25-11-9-24(10-12-25)17-7-5-6-8-18(17)27-4/h5-8,13-14H,9-12H2,1-4H3,(H,21,26). The molecular formula is C20H27N5O2. The van der Waals surface area contributed by atoms with E-state index < -0.39 is 0 Å². The second-order valence-electron chi connectivity index (χ2n) is 6.97. The molecule has 7 nitrogen and oxygen atoms in total. The molecule has 0 aliphatic carbocycles. The van der Waals surface area contributed by atoms with Crippen molar-refractivity contribution in [3.8, 4) is 5.75 Å². The van der Waals surface area contributed by atoms with Crippen molar-refractivity contribution >= 4 is 17.5 Å². The van der Waals surface area contributed by atoms with E-state index in [9.17, 15) is 4.79 Å². The Morgan fingerprint density at radius 2 is 1.78 bits per heavy atom. The molecule has 2 aromatic rings. The molecule has 144 valence electrons. The fraction of sp³-hybridized carbons (Fsp3) is 0.450. The number of carbonyl (C=O) groups excluding carboxylic acids is 1. The number of hydrogen-bond donors (Lipinski definition) is 1. The minimum absolute atomic E-state index is 0.0700. The predicted octanol–water partition coefficient (Wildman–Crippen LogP) is 2.26. The summed E-state index contributed by atoms with van der Waals surface area (Å²) < 4.78 is 5.48. The van der Waals surface area contributed by atoms with E-state index in [0.29, 0.717) is 11.6 Å². The predicted molar refractivity (Wildman–Crippen MR) is 107 cm³/mol. The zero-order valence-electron chi connectivity index (χ0n) is 16.4. The molecule has 0 radical (unpaired) electrons. The van der Waals surface area contributed by atoms with Crippen LogP contribution < -0.4 is 19.9 Å². The van der Waals surface area contributed by atoms with Gasteiger partial charge in [-0.1, -0.05) is 12.1 Å². The second-order valence-corrected chi connectivity index (χ2v) is 6.97. The number of anilines is 2. The lowest BCUT2D eigenvalue weighted by molar-refractivity contribution is 0.0938. The zero-order valence-corrected chi connectivity index (χ0v) is 16.4. The maximum Gasteiger partial charge on any atom is 0.270 e. The van der Waals surface area contributed by atoms with Gasteiger partial charge in [-0.15, -0.1) is 0 Å². The molecular weight excluding hydrogens is 342 g/mol. The van der Waals surface area contributed by atoms with Gasteiger partial charge in [0.2, 0.25) is 5.95 Å². The molecule has 1 N–H and O–H groups in total. The molecule has 0 saturated carbocycles. The molecule has 3 rings (SSSR count). The molecule has 0 bridgehead atoms. The van der Waals surface area contributed by atoms with Crippen molar-refractivity contribution in [3.05, 3.63) is 41.7 Å². The lowest BCUT2D eigenvalue weighted by Gasteiger charge is -2.36. The first-order valence-electron chi connectivity index (χ1n) is 9.27. The van der Waals surface area contributed by atoms with Crippen LogP contribution in [0.15, 0.2) is 30.3 Å². The third-order valence-electron chi connectivity index (χ3n) is 4.48. The fourth-order valence-electron chi connectivity index (χ4n) is 3.19. The summed E-state index contributed by atoms with van der Waals surface area (Å²) >= 11 is 0. The Balaban J connectivity index is 1.72. The Labute approximate surface area is 160 Å². The van der Waals surface area contributed by atoms with Crippen LogP contribution in [0.5, 0.6) is 5.75 Å². The van der Waals surface area contributed by atoms with Crippen LogP contribution in [0.25, 0.3) is 0 Å². The average molecular weight is 369 g/mol. The quantitative estimate of drug-likeness (QED) is 0.872. The highest BCUT2D eigenvalue weighted by Gasteiger charge is 2.22. The number of carbonyl (C=O) groups is 1. The smallest absolute Gasteiger partial charge is 0.270 e. The summed E-state index contributed by atoms with van der Waals surface area (Å²) in [5.74, 6) is 1.33. The lowest BCUT2D eigenvalue weighted by Crippen LogP contribution is -2.47. The Kier molecular flexibility index (Phi) is 5.78. The fourth-order valence-corrected chi connectivity index (χ4v) is 3.19. The van der Waals surface area contributed by atoms with Crippen molar-refractivity contribution in [1.29, 1.82) is 0 Å². The van der Waals surface area contributed by atoms with E-state index >= 15 is 0 Å². The third kappa shape index (κ3) is 4.48. The highest BCUT2D eigenvalue weighted by molar-refractivity contribution is 5.92. The number of benzene rings is 1. The number of nitrogens with zero attached hydrogens (tertiary/aromatic N) is 4. The number of aromatic nitrogens is 2. The van der Waals surface area contributed by atoms with Crippen LogP contribution in [0.1, 0.15) is 30.0 Å². The third-order valence-corrected chi connectivity index (χ3v) is 4.48. The number of aryl methyl sites for hydroxylation is 1. The molecule has 1 aromatic heterocycles. The van der Waals surface area contributed by atoms with Gasteiger partial charge in [-0.2, -0.15) is 0 Å². The Hall–Kier alpha value is -2.83. The average Bonchev–Trinajstić information content (AvgIpc) is 2.67. The van der Waals surface area contributed by atoms with Gasteiger partial charge >= 0.3 is 0 Å². The van der Waals surface area contributed by atoms with E-state index in [1.165, 1.54) is 0 Å². The van der Waals surface area contributed by atoms with Crippen molar-refractivity contribution < 1.29 is 9.53 Å². The largest absolute Gasteiger partial charge is 0.495 e. The van der Waals surface area contributed by atoms with E-state index in [1.54, 1.807) is 13.2 Å². The summed E-state index contributed by atoms with van der Waals surface area (Å²) in [6.45, 7) is 9.01. The number of rotatable bonds is 5. The van der Waals surface area contributed by atoms with Crippen molar-refractivity contribution in [2.24, 2.45) is 0 Å². The summed E-state index contributed by atoms with van der Waals surface area (Å²) in [6, 6.07) is 9.85. The van der Waals surface area contributed by atoms with Crippen molar-refractivity contribution in [3.63, 3.8) is 0 Å². The van der Waals surface area contributed by atoms with Crippen molar-refractivity contribution in [2.75, 3.05) is 43.1 Å². The number of hydrogen-bond acceptors (Lipinski definition) is 6. The van der Waals surface area contributed by atoms with E-state index in [2.05, 4.69) is 31.2 Å². The molecule has 1 amide bonds. The molecule has 2 heterocycles. The Morgan fingerprint density at radius 1 is 1.11 bits per heavy atom. The van der Waals surface area contributed by atoms with Crippen LogP contribution in [0.4, 0.5) is 11.6 Å². The minimum Gasteiger partial charge on any atom is -0.495 e. The molecule has 0 spiro atoms. The van der Waals surface area contributed by atoms with Crippen LogP contribution in [0.3, 0.4) is 0 Å². The minimum atomic E-state index is -0.163. The SMILES string of the molecule is COc1ccccc1N1CCN(c2nc(C)cc(C(=O)NC(C)C)n2)CC1. The lowest BCUT2D eigenvalue weighted by atomic mass is 10.2. The first kappa shape index (κ1) is 18.9. The van der Waals surface area contributed by atoms with Crippen LogP contribution in [-0.4, -0.2) is 55.2 Å². The molecule has 27 heavy (non-hydrogen) atoms. The molecule has 1 aromatic carbocycles. The Morgan fingerprint density at radius 3 is 2.44 bits per heavy atom. The van der Waals surface area contributed by atoms with Crippen LogP contribution in [0.2, 0.25) is 0 Å². The molecule has 1 aliphatic heterocycles. The first-order chi connectivity index (χ1) is 13.0. The van der Waals surface area contributed by atoms with Crippen molar-refractivity contribution in [2.45, 2.75) is 26.8 Å². The van der Waals surface area contributed by atoms with Gasteiger partial charge in [0.15, 0.2) is 0 Å². The maximum absolute atomic E-state index is 12.3. The number of nitrogens with one attached hydrogen (secondary N) is 1. The van der Waals surface area contributed by atoms with E-state index in [4.69, 9.17) is 4.74 Å². The number of piperazine rings is 1. The highest BCUT2D eigenvalue weighted by Crippen LogP contribution is 2.28. The van der Waals surface area contributed by atoms with Gasteiger partial charge in [-0.3, -0.25) is 4.79 Å². The summed E-state index contributed by atoms with van der Waals surface area (Å²) in [7, 11) is 1.69. The molecule has 0 atom stereocenters. The van der Waals surface area contributed by atoms with Gasteiger partial charge in [0.25, 0.3) is 5.91 Å². The van der Waals surface area contributed by atoms with Gasteiger partial charge < -0.3 is 19.9 Å². The normalized spacial score (nSPS) is 14.4. The highest BCUT2D eigenvalue weighted by atomic mass is 16.5. The van der Waals surface area contributed by atoms with Gasteiger partial charge in [-0.05, 0) is 39.0 Å². The van der Waals surface area contributed by atoms with Crippen LogP contribution in [0, 0.1) is 6.92 Å². The van der Waals surface area contributed by atoms with Gasteiger partial charge in [0.1, 0.15) is 11.4 Å². The van der Waals surface area contributed by atoms with Crippen molar-refractivity contribution in [1.82, 2.24) is 15.3 Å². The van der Waals surface area contributed by atoms with E-state index in [1.807, 2.05) is 39.0 Å². The number of methoxy groups -OCH3 is 1. The number of para-hydroxylation sites is 2. The molecule has 0 unspecified atom stereocenters. The summed E-state index contributed by atoms with van der Waals surface area (Å²) in [6.07, 6.45) is 0. The van der Waals surface area contributed by atoms with Crippen LogP contribution in [-0.2, 0) is 0 Å². The summed E-state index contributed by atoms with van der Waals surface area (Å²) in [5.41, 5.74) is 2.31. The molecule has 1 saturated heterocycles. The van der Waals surface area contributed by atoms with Gasteiger partial charge in [0, 0.05) is 37.9 Å². The zero-order chi connectivity index (χ0) is 19.4. The first-order valence-corrected chi connectivity index (χ1v) is 9.27. The maximum atomic E-state index is 12.3. The second kappa shape index (κ2) is 8.24. The monoisotopic (exact) mass is 369 g/mol. The molecule has 7 heteroatoms. The van der Waals surface area contributed by atoms with Gasteiger partial charge in [-0.25, -0.2) is 9.97 Å². The molecule has 1 aliphatic rings. The van der Waals surface area contributed by atoms with E-state index in [-0.39, 0.29) is 11.9 Å². The number of amides is 1. The van der Waals surface area contributed by atoms with E-state index in [0.717, 1.165) is 43.3 Å². The Bertz CT molecular complexity index is 801. The van der Waals surface area contributed by atoms with Gasteiger partial charge in [0.05, 0.1) is 12.8 Å². The topological polar surface area (TPSA) is 70.6 Å². The molecule has 1 fully saturated rings. The summed E-state index contributed by atoms with van der Waals surface area (Å²) in [5, 5.41) is 2.89. The summed E-state index contributed by atoms with van der Waals surface area (Å²) in [4.78, 5) is 25.8. The van der Waals surface area contributed by atoms with Crippen LogP contribution >= 0.6 is 0 Å².